The number of aryl methyl sites for hydroxylation is 2. The van der Waals surface area contributed by atoms with Crippen LogP contribution in [0.4, 0.5) is 5.69 Å². The summed E-state index contributed by atoms with van der Waals surface area (Å²) in [6.45, 7) is 12.3. The molecule has 0 atom stereocenters. The number of likely N-dealkylation sites (N-methyl/N-ethyl adjacent to an activating group) is 1. The Kier molecular flexibility index (Phi) is 7.00. The first-order chi connectivity index (χ1) is 12.0. The van der Waals surface area contributed by atoms with E-state index in [2.05, 4.69) is 37.8 Å². The van der Waals surface area contributed by atoms with Crippen molar-refractivity contribution in [3.8, 4) is 0 Å². The van der Waals surface area contributed by atoms with E-state index in [9.17, 15) is 9.59 Å². The van der Waals surface area contributed by atoms with Crippen molar-refractivity contribution in [1.82, 2.24) is 9.80 Å². The van der Waals surface area contributed by atoms with Crippen LogP contribution in [0.1, 0.15) is 38.8 Å². The summed E-state index contributed by atoms with van der Waals surface area (Å²) in [6.07, 6.45) is 1.69. The molecule has 0 spiro atoms. The Bertz CT molecular complexity index is 585. The van der Waals surface area contributed by atoms with Crippen LogP contribution in [-0.4, -0.2) is 60.9 Å². The number of hydrogen-bond donors (Lipinski definition) is 0. The molecule has 25 heavy (non-hydrogen) atoms. The van der Waals surface area contributed by atoms with Crippen molar-refractivity contribution in [2.24, 2.45) is 0 Å². The minimum absolute atomic E-state index is 0.0407. The first-order valence-electron chi connectivity index (χ1n) is 9.40. The summed E-state index contributed by atoms with van der Waals surface area (Å²) in [4.78, 5) is 31.0. The number of amides is 2. The Balaban J connectivity index is 2.20. The van der Waals surface area contributed by atoms with Gasteiger partial charge in [0.2, 0.25) is 11.8 Å². The van der Waals surface area contributed by atoms with Gasteiger partial charge in [-0.3, -0.25) is 9.59 Å². The van der Waals surface area contributed by atoms with Gasteiger partial charge in [-0.15, -0.1) is 0 Å². The minimum Gasteiger partial charge on any atom is -0.339 e. The lowest BCUT2D eigenvalue weighted by molar-refractivity contribution is -0.132. The van der Waals surface area contributed by atoms with Crippen LogP contribution in [0.25, 0.3) is 0 Å². The normalized spacial score (nSPS) is 15.3. The Hall–Kier alpha value is -1.88. The Labute approximate surface area is 151 Å². The molecule has 2 amide bonds. The van der Waals surface area contributed by atoms with E-state index >= 15 is 0 Å². The smallest absolute Gasteiger partial charge is 0.242 e. The summed E-state index contributed by atoms with van der Waals surface area (Å²) in [7, 11) is 0. The molecular weight excluding hydrogens is 314 g/mol. The molecule has 1 aliphatic rings. The van der Waals surface area contributed by atoms with Gasteiger partial charge < -0.3 is 14.7 Å². The van der Waals surface area contributed by atoms with Crippen molar-refractivity contribution in [3.05, 3.63) is 29.3 Å². The number of para-hydroxylation sites is 1. The number of carbonyl (C=O) groups excluding carboxylic acids is 2. The summed E-state index contributed by atoms with van der Waals surface area (Å²) in [6, 6.07) is 6.13. The summed E-state index contributed by atoms with van der Waals surface area (Å²) in [5.74, 6) is -0.0324. The van der Waals surface area contributed by atoms with E-state index in [4.69, 9.17) is 0 Å². The van der Waals surface area contributed by atoms with E-state index in [0.29, 0.717) is 0 Å². The Morgan fingerprint density at radius 3 is 2.00 bits per heavy atom. The second-order valence-corrected chi connectivity index (χ2v) is 6.55. The molecule has 1 saturated heterocycles. The van der Waals surface area contributed by atoms with Crippen molar-refractivity contribution in [2.75, 3.05) is 44.2 Å². The highest BCUT2D eigenvalue weighted by atomic mass is 16.2. The van der Waals surface area contributed by atoms with E-state index < -0.39 is 0 Å². The van der Waals surface area contributed by atoms with E-state index in [-0.39, 0.29) is 18.4 Å². The molecule has 1 aromatic rings. The quantitative estimate of drug-likeness (QED) is 0.795. The zero-order valence-electron chi connectivity index (χ0n) is 16.0. The molecule has 5 heteroatoms. The maximum atomic E-state index is 12.8. The van der Waals surface area contributed by atoms with Gasteiger partial charge in [0.15, 0.2) is 0 Å². The topological polar surface area (TPSA) is 43.9 Å². The van der Waals surface area contributed by atoms with E-state index in [1.165, 1.54) is 0 Å². The first kappa shape index (κ1) is 19.4. The van der Waals surface area contributed by atoms with Crippen LogP contribution in [-0.2, 0) is 22.4 Å². The van der Waals surface area contributed by atoms with E-state index in [1.807, 2.05) is 11.0 Å². The van der Waals surface area contributed by atoms with E-state index in [1.54, 1.807) is 11.8 Å². The number of piperazine rings is 1. The predicted octanol–water partition coefficient (Wildman–Crippen LogP) is 2.33. The molecule has 0 unspecified atom stereocenters. The van der Waals surface area contributed by atoms with Crippen molar-refractivity contribution < 1.29 is 9.59 Å². The molecule has 5 nitrogen and oxygen atoms in total. The van der Waals surface area contributed by atoms with Crippen molar-refractivity contribution in [1.29, 1.82) is 0 Å². The third-order valence-electron chi connectivity index (χ3n) is 5.08. The number of hydrogen-bond acceptors (Lipinski definition) is 3. The number of anilines is 1. The highest BCUT2D eigenvalue weighted by Gasteiger charge is 2.25. The summed E-state index contributed by atoms with van der Waals surface area (Å²) in [5.41, 5.74) is 3.18. The maximum Gasteiger partial charge on any atom is 0.242 e. The number of carbonyl (C=O) groups is 2. The van der Waals surface area contributed by atoms with Crippen LogP contribution in [0, 0.1) is 0 Å². The lowest BCUT2D eigenvalue weighted by atomic mass is 10.0. The largest absolute Gasteiger partial charge is 0.339 e. The van der Waals surface area contributed by atoms with Gasteiger partial charge in [-0.05, 0) is 30.5 Å². The third kappa shape index (κ3) is 4.60. The molecule has 0 aliphatic carbocycles. The first-order valence-corrected chi connectivity index (χ1v) is 9.40. The predicted molar refractivity (Wildman–Crippen MR) is 102 cm³/mol. The molecule has 0 aromatic heterocycles. The molecule has 0 N–H and O–H groups in total. The summed E-state index contributed by atoms with van der Waals surface area (Å²) in [5, 5.41) is 0. The average molecular weight is 345 g/mol. The molecule has 2 rings (SSSR count). The van der Waals surface area contributed by atoms with Crippen LogP contribution in [0.3, 0.4) is 0 Å². The third-order valence-corrected chi connectivity index (χ3v) is 5.08. The van der Waals surface area contributed by atoms with Gasteiger partial charge in [0.25, 0.3) is 0 Å². The van der Waals surface area contributed by atoms with Gasteiger partial charge in [-0.2, -0.15) is 0 Å². The Morgan fingerprint density at radius 1 is 1.00 bits per heavy atom. The molecule has 1 fully saturated rings. The second-order valence-electron chi connectivity index (χ2n) is 6.55. The maximum absolute atomic E-state index is 12.8. The molecule has 0 saturated carbocycles. The van der Waals surface area contributed by atoms with Crippen molar-refractivity contribution in [2.45, 2.75) is 40.5 Å². The van der Waals surface area contributed by atoms with Gasteiger partial charge in [0, 0.05) is 33.1 Å². The van der Waals surface area contributed by atoms with Gasteiger partial charge in [0.05, 0.1) is 5.69 Å². The molecular formula is C20H31N3O2. The fourth-order valence-corrected chi connectivity index (χ4v) is 3.46. The van der Waals surface area contributed by atoms with E-state index in [0.717, 1.165) is 62.4 Å². The molecule has 138 valence electrons. The van der Waals surface area contributed by atoms with Gasteiger partial charge in [0.1, 0.15) is 6.54 Å². The zero-order chi connectivity index (χ0) is 18.4. The summed E-state index contributed by atoms with van der Waals surface area (Å²) >= 11 is 0. The number of rotatable bonds is 6. The lowest BCUT2D eigenvalue weighted by Gasteiger charge is -2.35. The molecule has 0 bridgehead atoms. The lowest BCUT2D eigenvalue weighted by Crippen LogP contribution is -2.51. The average Bonchev–Trinajstić information content (AvgIpc) is 2.65. The van der Waals surface area contributed by atoms with Gasteiger partial charge in [-0.1, -0.05) is 39.0 Å². The monoisotopic (exact) mass is 345 g/mol. The fraction of sp³-hybridized carbons (Fsp3) is 0.600. The second kappa shape index (κ2) is 8.99. The van der Waals surface area contributed by atoms with Crippen molar-refractivity contribution in [3.63, 3.8) is 0 Å². The highest BCUT2D eigenvalue weighted by molar-refractivity contribution is 5.98. The SMILES string of the molecule is CCc1cccc(CC)c1N(CC(=O)N1CCN(CC)CC1)C(C)=O. The van der Waals surface area contributed by atoms with Crippen LogP contribution in [0.5, 0.6) is 0 Å². The van der Waals surface area contributed by atoms with Gasteiger partial charge in [-0.25, -0.2) is 0 Å². The number of nitrogens with zero attached hydrogens (tertiary/aromatic N) is 3. The number of benzene rings is 1. The fourth-order valence-electron chi connectivity index (χ4n) is 3.46. The van der Waals surface area contributed by atoms with Crippen LogP contribution in [0.2, 0.25) is 0 Å². The molecule has 1 aliphatic heterocycles. The molecule has 1 heterocycles. The molecule has 0 radical (unpaired) electrons. The highest BCUT2D eigenvalue weighted by Crippen LogP contribution is 2.27. The minimum atomic E-state index is -0.0730. The zero-order valence-corrected chi connectivity index (χ0v) is 16.0. The van der Waals surface area contributed by atoms with Crippen LogP contribution in [0.15, 0.2) is 18.2 Å². The van der Waals surface area contributed by atoms with Gasteiger partial charge >= 0.3 is 0 Å². The molecule has 1 aromatic carbocycles. The standard InChI is InChI=1S/C20H31N3O2/c1-5-17-9-8-10-18(6-2)20(17)23(16(4)24)15-19(25)22-13-11-21(7-3)12-14-22/h8-10H,5-7,11-15H2,1-4H3. The van der Waals surface area contributed by atoms with Crippen LogP contribution >= 0.6 is 0 Å². The van der Waals surface area contributed by atoms with Crippen LogP contribution < -0.4 is 4.90 Å². The Morgan fingerprint density at radius 2 is 1.56 bits per heavy atom. The summed E-state index contributed by atoms with van der Waals surface area (Å²) < 4.78 is 0. The van der Waals surface area contributed by atoms with Crippen molar-refractivity contribution >= 4 is 17.5 Å².